The summed E-state index contributed by atoms with van der Waals surface area (Å²) in [4.78, 5) is 2.28. The lowest BCUT2D eigenvalue weighted by Gasteiger charge is -2.38. The topological polar surface area (TPSA) is 24.5 Å². The van der Waals surface area contributed by atoms with E-state index in [1.54, 1.807) is 0 Å². The van der Waals surface area contributed by atoms with Crippen LogP contribution in [-0.2, 0) is 6.18 Å². The van der Waals surface area contributed by atoms with E-state index in [2.05, 4.69) is 10.2 Å². The van der Waals surface area contributed by atoms with Gasteiger partial charge in [0.05, 0.1) is 17.2 Å². The predicted octanol–water partition coefficient (Wildman–Crippen LogP) is 3.09. The number of piperazine rings is 1. The zero-order chi connectivity index (χ0) is 15.0. The van der Waals surface area contributed by atoms with Crippen LogP contribution in [-0.4, -0.2) is 37.7 Å². The van der Waals surface area contributed by atoms with Crippen molar-refractivity contribution in [2.75, 3.05) is 32.8 Å². The van der Waals surface area contributed by atoms with Crippen LogP contribution in [0.15, 0.2) is 12.1 Å². The first kappa shape index (κ1) is 14.9. The van der Waals surface area contributed by atoms with Gasteiger partial charge in [0.2, 0.25) is 0 Å². The molecule has 1 atom stereocenters. The number of hydrogen-bond donors (Lipinski definition) is 1. The predicted molar refractivity (Wildman–Crippen MR) is 73.7 cm³/mol. The van der Waals surface area contributed by atoms with Gasteiger partial charge in [-0.25, -0.2) is 0 Å². The zero-order valence-electron chi connectivity index (χ0n) is 11.3. The third-order valence-corrected chi connectivity index (χ3v) is 4.40. The van der Waals surface area contributed by atoms with E-state index < -0.39 is 11.7 Å². The maximum atomic E-state index is 12.9. The minimum atomic E-state index is -4.46. The smallest absolute Gasteiger partial charge is 0.417 e. The molecule has 0 amide bonds. The van der Waals surface area contributed by atoms with Crippen LogP contribution in [0.4, 0.5) is 13.2 Å². The van der Waals surface area contributed by atoms with Crippen LogP contribution in [0.3, 0.4) is 0 Å². The molecule has 0 spiro atoms. The molecule has 1 aromatic rings. The Morgan fingerprint density at radius 2 is 1.95 bits per heavy atom. The second-order valence-corrected chi connectivity index (χ2v) is 5.66. The van der Waals surface area contributed by atoms with Gasteiger partial charge in [0.25, 0.3) is 0 Å². The van der Waals surface area contributed by atoms with E-state index >= 15 is 0 Å². The lowest BCUT2D eigenvalue weighted by molar-refractivity contribution is -0.137. The Kier molecular flexibility index (Phi) is 4.03. The Morgan fingerprint density at radius 3 is 2.62 bits per heavy atom. The van der Waals surface area contributed by atoms with Gasteiger partial charge in [-0.05, 0) is 6.07 Å². The second kappa shape index (κ2) is 5.66. The number of ether oxygens (including phenoxy) is 1. The van der Waals surface area contributed by atoms with Crippen LogP contribution < -0.4 is 10.1 Å². The van der Waals surface area contributed by atoms with Crippen molar-refractivity contribution in [3.63, 3.8) is 0 Å². The number of rotatable bonds is 1. The number of nitrogens with zero attached hydrogens (tertiary/aromatic N) is 1. The number of alkyl halides is 3. The lowest BCUT2D eigenvalue weighted by Crippen LogP contribution is -2.46. The van der Waals surface area contributed by atoms with Crippen LogP contribution in [0.1, 0.15) is 23.6 Å². The van der Waals surface area contributed by atoms with Crippen molar-refractivity contribution in [3.05, 3.63) is 28.3 Å². The van der Waals surface area contributed by atoms with E-state index in [1.807, 2.05) is 0 Å². The van der Waals surface area contributed by atoms with Gasteiger partial charge in [0.15, 0.2) is 0 Å². The Balaban J connectivity index is 1.97. The third kappa shape index (κ3) is 2.84. The van der Waals surface area contributed by atoms with Gasteiger partial charge in [0.1, 0.15) is 5.75 Å². The molecule has 1 saturated heterocycles. The van der Waals surface area contributed by atoms with Crippen LogP contribution in [0.2, 0.25) is 5.02 Å². The largest absolute Gasteiger partial charge is 0.492 e. The van der Waals surface area contributed by atoms with Gasteiger partial charge < -0.3 is 10.1 Å². The highest BCUT2D eigenvalue weighted by atomic mass is 35.5. The first-order chi connectivity index (χ1) is 9.98. The van der Waals surface area contributed by atoms with E-state index in [4.69, 9.17) is 16.3 Å². The standard InChI is InChI=1S/C14H16ClF3N2O/c15-12-10(14(16,17)18)2-1-9-11(3-8-21-13(9)12)20-6-4-19-5-7-20/h1-2,11,19H,3-8H2. The summed E-state index contributed by atoms with van der Waals surface area (Å²) in [7, 11) is 0. The fraction of sp³-hybridized carbons (Fsp3) is 0.571. The highest BCUT2D eigenvalue weighted by molar-refractivity contribution is 6.33. The number of nitrogens with one attached hydrogen (secondary N) is 1. The molecule has 0 aliphatic carbocycles. The molecule has 0 bridgehead atoms. The van der Waals surface area contributed by atoms with E-state index in [0.717, 1.165) is 44.2 Å². The van der Waals surface area contributed by atoms with Crippen molar-refractivity contribution in [1.29, 1.82) is 0 Å². The molecule has 1 unspecified atom stereocenters. The molecule has 2 aliphatic rings. The maximum Gasteiger partial charge on any atom is 0.417 e. The molecule has 1 aromatic carbocycles. The molecule has 0 saturated carbocycles. The Hall–Kier alpha value is -0.980. The fourth-order valence-corrected chi connectivity index (χ4v) is 3.33. The number of benzene rings is 1. The van der Waals surface area contributed by atoms with Crippen LogP contribution >= 0.6 is 11.6 Å². The van der Waals surface area contributed by atoms with E-state index in [9.17, 15) is 13.2 Å². The van der Waals surface area contributed by atoms with Gasteiger partial charge in [-0.15, -0.1) is 0 Å². The quantitative estimate of drug-likeness (QED) is 0.860. The minimum absolute atomic E-state index is 0.0793. The monoisotopic (exact) mass is 320 g/mol. The molecule has 3 nitrogen and oxygen atoms in total. The minimum Gasteiger partial charge on any atom is -0.492 e. The van der Waals surface area contributed by atoms with Crippen molar-refractivity contribution >= 4 is 11.6 Å². The Morgan fingerprint density at radius 1 is 1.24 bits per heavy atom. The molecule has 2 heterocycles. The highest BCUT2D eigenvalue weighted by Crippen LogP contribution is 2.46. The Labute approximate surface area is 126 Å². The highest BCUT2D eigenvalue weighted by Gasteiger charge is 2.37. The zero-order valence-corrected chi connectivity index (χ0v) is 12.1. The SMILES string of the molecule is FC(F)(F)c1ccc2c(c1Cl)OCCC2N1CCNCC1. The van der Waals surface area contributed by atoms with E-state index in [1.165, 1.54) is 6.07 Å². The summed E-state index contributed by atoms with van der Waals surface area (Å²) < 4.78 is 44.2. The van der Waals surface area contributed by atoms with Gasteiger partial charge in [-0.1, -0.05) is 17.7 Å². The van der Waals surface area contributed by atoms with Crippen molar-refractivity contribution < 1.29 is 17.9 Å². The number of fused-ring (bicyclic) bond motifs is 1. The molecule has 0 radical (unpaired) electrons. The van der Waals surface area contributed by atoms with Crippen molar-refractivity contribution in [2.24, 2.45) is 0 Å². The molecule has 1 fully saturated rings. The summed E-state index contributed by atoms with van der Waals surface area (Å²) in [5.74, 6) is 0.196. The molecule has 1 N–H and O–H groups in total. The molecule has 116 valence electrons. The first-order valence-corrected chi connectivity index (χ1v) is 7.33. The summed E-state index contributed by atoms with van der Waals surface area (Å²) in [5, 5.41) is 2.95. The van der Waals surface area contributed by atoms with Crippen molar-refractivity contribution in [1.82, 2.24) is 10.2 Å². The maximum absolute atomic E-state index is 12.9. The van der Waals surface area contributed by atoms with E-state index in [0.29, 0.717) is 6.61 Å². The summed E-state index contributed by atoms with van der Waals surface area (Å²) in [6.07, 6.45) is -3.69. The third-order valence-electron chi connectivity index (χ3n) is 4.02. The molecular weight excluding hydrogens is 305 g/mol. The molecule has 0 aromatic heterocycles. The van der Waals surface area contributed by atoms with Gasteiger partial charge in [-0.3, -0.25) is 4.90 Å². The van der Waals surface area contributed by atoms with Crippen LogP contribution in [0, 0.1) is 0 Å². The van der Waals surface area contributed by atoms with Crippen molar-refractivity contribution in [2.45, 2.75) is 18.6 Å². The summed E-state index contributed by atoms with van der Waals surface area (Å²) in [6, 6.07) is 2.65. The number of halogens is 4. The molecule has 2 aliphatic heterocycles. The van der Waals surface area contributed by atoms with E-state index in [-0.39, 0.29) is 16.8 Å². The number of hydrogen-bond acceptors (Lipinski definition) is 3. The summed E-state index contributed by atoms with van der Waals surface area (Å²) >= 11 is 5.94. The molecular formula is C14H16ClF3N2O. The first-order valence-electron chi connectivity index (χ1n) is 6.95. The second-order valence-electron chi connectivity index (χ2n) is 5.28. The molecule has 21 heavy (non-hydrogen) atoms. The van der Waals surface area contributed by atoms with Gasteiger partial charge in [-0.2, -0.15) is 13.2 Å². The van der Waals surface area contributed by atoms with Crippen LogP contribution in [0.25, 0.3) is 0 Å². The van der Waals surface area contributed by atoms with Crippen LogP contribution in [0.5, 0.6) is 5.75 Å². The molecule has 7 heteroatoms. The summed E-state index contributed by atoms with van der Waals surface area (Å²) in [5.41, 5.74) is -0.0648. The normalized spacial score (nSPS) is 23.5. The summed E-state index contributed by atoms with van der Waals surface area (Å²) in [6.45, 7) is 3.93. The fourth-order valence-electron chi connectivity index (χ4n) is 3.00. The average Bonchev–Trinajstić information content (AvgIpc) is 2.47. The van der Waals surface area contributed by atoms with Gasteiger partial charge in [0, 0.05) is 44.2 Å². The Bertz CT molecular complexity index is 530. The molecule has 3 rings (SSSR count). The van der Waals surface area contributed by atoms with Gasteiger partial charge >= 0.3 is 6.18 Å². The van der Waals surface area contributed by atoms with Crippen molar-refractivity contribution in [3.8, 4) is 5.75 Å². The average molecular weight is 321 g/mol. The lowest BCUT2D eigenvalue weighted by atomic mass is 9.96.